The van der Waals surface area contributed by atoms with Crippen molar-refractivity contribution in [3.8, 4) is 0 Å². The summed E-state index contributed by atoms with van der Waals surface area (Å²) in [6.07, 6.45) is 0. The number of benzene rings is 1. The number of nitrogens with zero attached hydrogens (tertiary/aromatic N) is 1. The summed E-state index contributed by atoms with van der Waals surface area (Å²) in [5.74, 6) is 0. The van der Waals surface area contributed by atoms with Crippen LogP contribution < -0.4 is 16.7 Å². The van der Waals surface area contributed by atoms with Gasteiger partial charge in [0.25, 0.3) is 0 Å². The fourth-order valence-electron chi connectivity index (χ4n) is 2.87. The Hall–Kier alpha value is 9.89. The summed E-state index contributed by atoms with van der Waals surface area (Å²) >= 11 is 0. The molecule has 0 aliphatic heterocycles. The van der Waals surface area contributed by atoms with Gasteiger partial charge >= 0.3 is 5.63 Å². The van der Waals surface area contributed by atoms with Crippen molar-refractivity contribution in [3.63, 3.8) is 0 Å². The molecular formula is C16H24N2O2W17. The fourth-order valence-corrected chi connectivity index (χ4v) is 2.87. The molecule has 212 valence electrons. The van der Waals surface area contributed by atoms with E-state index in [0.29, 0.717) is 5.56 Å². The van der Waals surface area contributed by atoms with Gasteiger partial charge in [-0.15, -0.1) is 0 Å². The summed E-state index contributed by atoms with van der Waals surface area (Å²) in [6, 6.07) is 0. The van der Waals surface area contributed by atoms with Gasteiger partial charge in [-0.3, -0.25) is 0 Å². The molecule has 0 unspecified atom stereocenters. The van der Waals surface area contributed by atoms with Crippen molar-refractivity contribution in [2.45, 2.75) is 34.6 Å². The van der Waals surface area contributed by atoms with Crippen LogP contribution in [0.5, 0.6) is 0 Å². The maximum Gasteiger partial charge on any atom is 0.339 e. The third-order valence-electron chi connectivity index (χ3n) is 4.10. The minimum atomic E-state index is -0.235. The molecule has 1 heterocycles. The minimum Gasteiger partial charge on any atom is -0.422 e. The van der Waals surface area contributed by atoms with Gasteiger partial charge in [0.05, 0.1) is 0 Å². The third kappa shape index (κ3) is 30.4. The van der Waals surface area contributed by atoms with Gasteiger partial charge in [-0.25, -0.2) is 4.79 Å². The summed E-state index contributed by atoms with van der Waals surface area (Å²) in [6.45, 7) is 10.1. The number of rotatable bonds is 1. The molecule has 0 aliphatic rings. The number of fused-ring (bicyclic) bond motifs is 1. The van der Waals surface area contributed by atoms with E-state index in [4.69, 9.17) is 4.42 Å². The quantitative estimate of drug-likeness (QED) is 0.445. The van der Waals surface area contributed by atoms with Crippen LogP contribution in [0.2, 0.25) is 0 Å². The molecule has 1 aromatic carbocycles. The first kappa shape index (κ1) is 111. The first-order valence-corrected chi connectivity index (χ1v) is 6.48. The molecule has 3 N–H and O–H groups in total. The minimum absolute atomic E-state index is 0. The zero-order chi connectivity index (χ0) is 14.5. The molecule has 0 amide bonds. The van der Waals surface area contributed by atoms with Gasteiger partial charge in [0.1, 0.15) is 5.58 Å². The number of aryl methyl sites for hydroxylation is 3. The average Bonchev–Trinajstić information content (AvgIpc) is 2.32. The van der Waals surface area contributed by atoms with E-state index in [1.54, 1.807) is 0 Å². The van der Waals surface area contributed by atoms with Gasteiger partial charge in [-0.2, -0.15) is 0 Å². The van der Waals surface area contributed by atoms with E-state index in [1.807, 2.05) is 34.9 Å². The molecule has 0 saturated heterocycles. The largest absolute Gasteiger partial charge is 0.422 e. The van der Waals surface area contributed by atoms with Gasteiger partial charge in [0.15, 0.2) is 0 Å². The number of hydrogen-bond donors (Lipinski definition) is 1. The molecule has 0 spiro atoms. The third-order valence-corrected chi connectivity index (χ3v) is 4.10. The molecule has 0 saturated carbocycles. The van der Waals surface area contributed by atoms with Crippen molar-refractivity contribution in [3.05, 3.63) is 38.2 Å². The molecule has 0 bridgehead atoms. The van der Waals surface area contributed by atoms with E-state index in [2.05, 4.69) is 18.7 Å². The monoisotopic (exact) mass is 3400 g/mol. The van der Waals surface area contributed by atoms with Crippen LogP contribution in [-0.4, -0.2) is 14.1 Å². The molecule has 0 fully saturated rings. The Morgan fingerprint density at radius 2 is 0.730 bits per heavy atom. The zero-order valence-corrected chi connectivity index (χ0v) is 70.3. The van der Waals surface area contributed by atoms with Gasteiger partial charge in [0, 0.05) is 394 Å². The van der Waals surface area contributed by atoms with Crippen molar-refractivity contribution >= 4 is 16.7 Å². The summed E-state index contributed by atoms with van der Waals surface area (Å²) < 4.78 is 5.55. The van der Waals surface area contributed by atoms with E-state index in [-0.39, 0.29) is 370 Å². The van der Waals surface area contributed by atoms with Gasteiger partial charge in [-0.05, 0) is 51.3 Å². The molecule has 0 radical (unpaired) electrons. The molecule has 37 heavy (non-hydrogen) atoms. The van der Waals surface area contributed by atoms with Crippen molar-refractivity contribution in [1.82, 2.24) is 6.15 Å². The second-order valence-electron chi connectivity index (χ2n) is 5.46. The van der Waals surface area contributed by atoms with Crippen LogP contribution in [0.25, 0.3) is 11.0 Å². The molecule has 1 aromatic heterocycles. The van der Waals surface area contributed by atoms with Crippen LogP contribution in [0, 0.1) is 34.6 Å². The van der Waals surface area contributed by atoms with E-state index >= 15 is 0 Å². The first-order valence-electron chi connectivity index (χ1n) is 6.48. The van der Waals surface area contributed by atoms with E-state index < -0.39 is 0 Å². The normalized spacial score (nSPS) is 5.70. The van der Waals surface area contributed by atoms with E-state index in [9.17, 15) is 4.79 Å². The van der Waals surface area contributed by atoms with E-state index in [0.717, 1.165) is 27.8 Å². The second-order valence-corrected chi connectivity index (χ2v) is 5.46. The second kappa shape index (κ2) is 55.3. The molecular weight excluding hydrogens is 3380 g/mol. The maximum absolute atomic E-state index is 11.9. The van der Waals surface area contributed by atoms with Gasteiger partial charge in [-0.1, -0.05) is 0 Å². The Balaban J connectivity index is -0.0000000148. The Bertz CT molecular complexity index is 765. The van der Waals surface area contributed by atoms with Crippen LogP contribution in [-0.2, 0) is 358 Å². The summed E-state index contributed by atoms with van der Waals surface area (Å²) in [5, 5.41) is 1.08. The maximum atomic E-state index is 11.9. The van der Waals surface area contributed by atoms with Crippen molar-refractivity contribution in [2.24, 2.45) is 0 Å². The van der Waals surface area contributed by atoms with Crippen molar-refractivity contribution in [1.29, 1.82) is 0 Å². The van der Waals surface area contributed by atoms with Crippen LogP contribution in [0.15, 0.2) is 9.21 Å². The smallest absolute Gasteiger partial charge is 0.339 e. The Morgan fingerprint density at radius 3 is 1.00 bits per heavy atom. The number of hydrogen-bond acceptors (Lipinski definition) is 4. The van der Waals surface area contributed by atoms with Crippen LogP contribution in [0.3, 0.4) is 0 Å². The zero-order valence-electron chi connectivity index (χ0n) is 20.4. The molecule has 2 rings (SSSR count). The SMILES string of the molecule is Cc1c(N(C)C)c(C)c2oc(=O)c(C)c(C)c2c1C.N.[W].[W].[W].[W].[W].[W].[W].[W].[W].[W].[W].[W].[W].[W].[W].[W].[W]. The van der Waals surface area contributed by atoms with E-state index in [1.165, 1.54) is 11.1 Å². The predicted octanol–water partition coefficient (Wildman–Crippen LogP) is 3.52. The van der Waals surface area contributed by atoms with Gasteiger partial charge in [0.2, 0.25) is 0 Å². The Kier molecular flexibility index (Phi) is 165. The van der Waals surface area contributed by atoms with Crippen LogP contribution in [0.1, 0.15) is 27.8 Å². The molecule has 4 nitrogen and oxygen atoms in total. The summed E-state index contributed by atoms with van der Waals surface area (Å²) in [5.41, 5.74) is 6.81. The topological polar surface area (TPSA) is 68.5 Å². The van der Waals surface area contributed by atoms with Crippen LogP contribution in [0.4, 0.5) is 5.69 Å². The summed E-state index contributed by atoms with van der Waals surface area (Å²) in [4.78, 5) is 14.0. The van der Waals surface area contributed by atoms with Crippen LogP contribution >= 0.6 is 0 Å². The fraction of sp³-hybridized carbons (Fsp3) is 0.438. The number of anilines is 1. The standard InChI is InChI=1S/C16H21NO2.H3N.17W/c1-8-10(3)14(17(6)7)12(5)15-13(8)9(2)11(4)16(18)19-15;;;;;;;;;;;;;;;;;;/h1-7H3;1H3;;;;;;;;;;;;;;;;;. The van der Waals surface area contributed by atoms with Crippen molar-refractivity contribution < 1.29 is 363 Å². The Labute approximate surface area is 466 Å². The Morgan fingerprint density at radius 1 is 0.459 bits per heavy atom. The molecule has 21 heteroatoms. The molecule has 2 aromatic rings. The molecule has 0 aliphatic carbocycles. The summed E-state index contributed by atoms with van der Waals surface area (Å²) in [7, 11) is 4.03. The molecule has 0 atom stereocenters. The van der Waals surface area contributed by atoms with Crippen molar-refractivity contribution in [2.75, 3.05) is 19.0 Å². The average molecular weight is 3400 g/mol. The first-order chi connectivity index (χ1) is 8.77. The van der Waals surface area contributed by atoms with Gasteiger partial charge < -0.3 is 15.5 Å². The predicted molar refractivity (Wildman–Crippen MR) is 85.5 cm³/mol.